The van der Waals surface area contributed by atoms with Crippen molar-refractivity contribution < 1.29 is 23.9 Å². The maximum absolute atomic E-state index is 12.6. The molecule has 142 valence electrons. The fourth-order valence-corrected chi connectivity index (χ4v) is 2.55. The van der Waals surface area contributed by atoms with Crippen molar-refractivity contribution in [2.24, 2.45) is 0 Å². The molecule has 0 saturated carbocycles. The van der Waals surface area contributed by atoms with Gasteiger partial charge in [0.05, 0.1) is 14.2 Å². The van der Waals surface area contributed by atoms with Crippen LogP contribution in [0.25, 0.3) is 0 Å². The summed E-state index contributed by atoms with van der Waals surface area (Å²) in [5.41, 5.74) is 1.63. The second kappa shape index (κ2) is 9.38. The van der Waals surface area contributed by atoms with Crippen LogP contribution in [0.2, 0.25) is 0 Å². The molecule has 0 aliphatic rings. The van der Waals surface area contributed by atoms with Crippen LogP contribution in [-0.2, 0) is 20.7 Å². The van der Waals surface area contributed by atoms with Gasteiger partial charge >= 0.3 is 5.97 Å². The lowest BCUT2D eigenvalue weighted by atomic mass is 10.0. The highest BCUT2D eigenvalue weighted by molar-refractivity contribution is 5.98. The number of amides is 2. The van der Waals surface area contributed by atoms with Gasteiger partial charge < -0.3 is 20.1 Å². The first-order valence-electron chi connectivity index (χ1n) is 8.32. The molecule has 0 radical (unpaired) electrons. The number of rotatable bonds is 7. The summed E-state index contributed by atoms with van der Waals surface area (Å²) in [4.78, 5) is 35.9. The van der Waals surface area contributed by atoms with Gasteiger partial charge in [0, 0.05) is 24.6 Å². The third-order valence-electron chi connectivity index (χ3n) is 3.81. The van der Waals surface area contributed by atoms with E-state index in [0.29, 0.717) is 17.0 Å². The number of methoxy groups -OCH3 is 2. The van der Waals surface area contributed by atoms with E-state index in [2.05, 4.69) is 10.6 Å². The first kappa shape index (κ1) is 20.0. The largest absolute Gasteiger partial charge is 0.497 e. The Hall–Kier alpha value is -3.35. The van der Waals surface area contributed by atoms with E-state index in [0.717, 1.165) is 5.56 Å². The Labute approximate surface area is 157 Å². The number of nitrogens with one attached hydrogen (secondary N) is 2. The molecule has 2 rings (SSSR count). The summed E-state index contributed by atoms with van der Waals surface area (Å²) >= 11 is 0. The predicted octanol–water partition coefficient (Wildman–Crippen LogP) is 2.17. The Balaban J connectivity index is 2.16. The summed E-state index contributed by atoms with van der Waals surface area (Å²) < 4.78 is 9.99. The number of esters is 1. The Morgan fingerprint density at radius 1 is 1.04 bits per heavy atom. The molecule has 7 heteroatoms. The highest BCUT2D eigenvalue weighted by Crippen LogP contribution is 2.15. The molecule has 7 nitrogen and oxygen atoms in total. The van der Waals surface area contributed by atoms with Crippen molar-refractivity contribution in [3.63, 3.8) is 0 Å². The minimum atomic E-state index is -0.862. The van der Waals surface area contributed by atoms with Crippen LogP contribution in [0, 0.1) is 0 Å². The summed E-state index contributed by atoms with van der Waals surface area (Å²) in [6, 6.07) is 12.8. The summed E-state index contributed by atoms with van der Waals surface area (Å²) in [6.07, 6.45) is 0.251. The van der Waals surface area contributed by atoms with E-state index in [9.17, 15) is 14.4 Å². The second-order valence-electron chi connectivity index (χ2n) is 5.87. The fourth-order valence-electron chi connectivity index (χ4n) is 2.55. The number of hydrogen-bond acceptors (Lipinski definition) is 5. The first-order chi connectivity index (χ1) is 12.9. The maximum Gasteiger partial charge on any atom is 0.328 e. The molecule has 0 heterocycles. The van der Waals surface area contributed by atoms with Crippen LogP contribution in [0.4, 0.5) is 5.69 Å². The summed E-state index contributed by atoms with van der Waals surface area (Å²) in [7, 11) is 2.82. The Bertz CT molecular complexity index is 835. The molecule has 27 heavy (non-hydrogen) atoms. The molecular weight excluding hydrogens is 348 g/mol. The highest BCUT2D eigenvalue weighted by atomic mass is 16.5. The summed E-state index contributed by atoms with van der Waals surface area (Å²) in [5.74, 6) is -0.576. The van der Waals surface area contributed by atoms with E-state index in [1.807, 2.05) is 6.07 Å². The van der Waals surface area contributed by atoms with Crippen LogP contribution in [0.15, 0.2) is 48.5 Å². The lowest BCUT2D eigenvalue weighted by Gasteiger charge is -2.17. The van der Waals surface area contributed by atoms with E-state index in [1.165, 1.54) is 20.1 Å². The molecule has 0 aromatic heterocycles. The number of hydrogen-bond donors (Lipinski definition) is 2. The molecule has 0 saturated heterocycles. The normalized spacial score (nSPS) is 11.2. The lowest BCUT2D eigenvalue weighted by molar-refractivity contribution is -0.142. The number of benzene rings is 2. The molecule has 0 fully saturated rings. The van der Waals surface area contributed by atoms with Gasteiger partial charge in [0.25, 0.3) is 5.91 Å². The van der Waals surface area contributed by atoms with Crippen LogP contribution >= 0.6 is 0 Å². The van der Waals surface area contributed by atoms with E-state index < -0.39 is 17.9 Å². The van der Waals surface area contributed by atoms with Gasteiger partial charge in [-0.2, -0.15) is 0 Å². The number of carbonyl (C=O) groups excluding carboxylic acids is 3. The van der Waals surface area contributed by atoms with Crippen molar-refractivity contribution in [1.82, 2.24) is 5.32 Å². The third kappa shape index (κ3) is 5.85. The van der Waals surface area contributed by atoms with Crippen LogP contribution < -0.4 is 15.4 Å². The van der Waals surface area contributed by atoms with Crippen molar-refractivity contribution in [1.29, 1.82) is 0 Å². The molecule has 1 atom stereocenters. The summed E-state index contributed by atoms with van der Waals surface area (Å²) in [6.45, 7) is 1.38. The minimum absolute atomic E-state index is 0.238. The minimum Gasteiger partial charge on any atom is -0.497 e. The monoisotopic (exact) mass is 370 g/mol. The molecule has 2 aromatic carbocycles. The smallest absolute Gasteiger partial charge is 0.328 e. The van der Waals surface area contributed by atoms with Crippen molar-refractivity contribution in [2.45, 2.75) is 19.4 Å². The lowest BCUT2D eigenvalue weighted by Crippen LogP contribution is -2.43. The molecule has 2 aromatic rings. The van der Waals surface area contributed by atoms with Crippen LogP contribution in [0.1, 0.15) is 22.8 Å². The van der Waals surface area contributed by atoms with E-state index >= 15 is 0 Å². The standard InChI is InChI=1S/C20H22N2O5/c1-13(23)21-16-8-5-7-15(12-16)19(24)22-18(20(25)27-3)11-14-6-4-9-17(10-14)26-2/h4-10,12,18H,11H2,1-3H3,(H,21,23)(H,22,24)/t18-/m1/s1. The zero-order valence-electron chi connectivity index (χ0n) is 15.4. The zero-order valence-corrected chi connectivity index (χ0v) is 15.4. The van der Waals surface area contributed by atoms with E-state index in [-0.39, 0.29) is 12.3 Å². The van der Waals surface area contributed by atoms with Crippen molar-refractivity contribution >= 4 is 23.5 Å². The number of carbonyl (C=O) groups is 3. The van der Waals surface area contributed by atoms with Crippen molar-refractivity contribution in [2.75, 3.05) is 19.5 Å². The van der Waals surface area contributed by atoms with Gasteiger partial charge in [-0.25, -0.2) is 4.79 Å². The Morgan fingerprint density at radius 2 is 1.78 bits per heavy atom. The van der Waals surface area contributed by atoms with Crippen LogP contribution in [-0.4, -0.2) is 38.0 Å². The Morgan fingerprint density at radius 3 is 2.44 bits per heavy atom. The van der Waals surface area contributed by atoms with Crippen LogP contribution in [0.3, 0.4) is 0 Å². The van der Waals surface area contributed by atoms with Gasteiger partial charge in [0.2, 0.25) is 5.91 Å². The fraction of sp³-hybridized carbons (Fsp3) is 0.250. The zero-order chi connectivity index (χ0) is 19.8. The first-order valence-corrected chi connectivity index (χ1v) is 8.32. The third-order valence-corrected chi connectivity index (χ3v) is 3.81. The second-order valence-corrected chi connectivity index (χ2v) is 5.87. The molecular formula is C20H22N2O5. The molecule has 0 spiro atoms. The van der Waals surface area contributed by atoms with Gasteiger partial charge in [-0.15, -0.1) is 0 Å². The Kier molecular flexibility index (Phi) is 6.93. The average Bonchev–Trinajstić information content (AvgIpc) is 2.66. The molecule has 0 aliphatic heterocycles. The average molecular weight is 370 g/mol. The van der Waals surface area contributed by atoms with Gasteiger partial charge in [-0.1, -0.05) is 18.2 Å². The maximum atomic E-state index is 12.6. The quantitative estimate of drug-likeness (QED) is 0.729. The topological polar surface area (TPSA) is 93.7 Å². The summed E-state index contributed by atoms with van der Waals surface area (Å²) in [5, 5.41) is 5.30. The molecule has 0 unspecified atom stereocenters. The van der Waals surface area contributed by atoms with Gasteiger partial charge in [-0.05, 0) is 35.9 Å². The van der Waals surface area contributed by atoms with Crippen molar-refractivity contribution in [3.8, 4) is 5.75 Å². The molecule has 0 aliphatic carbocycles. The molecule has 0 bridgehead atoms. The van der Waals surface area contributed by atoms with Gasteiger partial charge in [0.1, 0.15) is 11.8 Å². The predicted molar refractivity (Wildman–Crippen MR) is 101 cm³/mol. The van der Waals surface area contributed by atoms with Gasteiger partial charge in [-0.3, -0.25) is 9.59 Å². The van der Waals surface area contributed by atoms with Crippen LogP contribution in [0.5, 0.6) is 5.75 Å². The SMILES string of the molecule is COC(=O)[C@@H](Cc1cccc(OC)c1)NC(=O)c1cccc(NC(C)=O)c1. The molecule has 2 amide bonds. The molecule has 2 N–H and O–H groups in total. The van der Waals surface area contributed by atoms with E-state index in [1.54, 1.807) is 43.5 Å². The number of ether oxygens (including phenoxy) is 2. The highest BCUT2D eigenvalue weighted by Gasteiger charge is 2.23. The van der Waals surface area contributed by atoms with E-state index in [4.69, 9.17) is 9.47 Å². The number of anilines is 1. The van der Waals surface area contributed by atoms with Gasteiger partial charge in [0.15, 0.2) is 0 Å². The van der Waals surface area contributed by atoms with Crippen molar-refractivity contribution in [3.05, 3.63) is 59.7 Å².